The largest absolute Gasteiger partial charge is 0.490 e. The molecule has 2 aromatic carbocycles. The third-order valence-electron chi connectivity index (χ3n) is 3.35. The number of hydrogen-bond donors (Lipinski definition) is 1. The van der Waals surface area contributed by atoms with E-state index in [4.69, 9.17) is 21.2 Å². The first-order chi connectivity index (χ1) is 13.5. The first-order valence-electron chi connectivity index (χ1n) is 8.05. The number of amides is 1. The SMILES string of the molecule is C#CCOc1c(Br)cc(C=NNC(=O)c2ccc(C#N)cc2F)cc1OCC. The summed E-state index contributed by atoms with van der Waals surface area (Å²) in [5, 5.41) is 12.6. The number of nitrogens with one attached hydrogen (secondary N) is 1. The molecule has 6 nitrogen and oxygen atoms in total. The van der Waals surface area contributed by atoms with Crippen LogP contribution in [0.5, 0.6) is 11.5 Å². The molecule has 2 rings (SSSR count). The van der Waals surface area contributed by atoms with Gasteiger partial charge in [-0.25, -0.2) is 9.82 Å². The Hall–Kier alpha value is -3.36. The zero-order valence-corrected chi connectivity index (χ0v) is 16.4. The van der Waals surface area contributed by atoms with Gasteiger partial charge in [-0.3, -0.25) is 4.79 Å². The van der Waals surface area contributed by atoms with Gasteiger partial charge in [0.25, 0.3) is 5.91 Å². The summed E-state index contributed by atoms with van der Waals surface area (Å²) in [5.41, 5.74) is 2.75. The molecule has 0 aliphatic rings. The Balaban J connectivity index is 2.16. The van der Waals surface area contributed by atoms with Gasteiger partial charge in [-0.15, -0.1) is 6.42 Å². The Morgan fingerprint density at radius 3 is 2.82 bits per heavy atom. The number of nitriles is 1. The van der Waals surface area contributed by atoms with Crippen LogP contribution in [0.2, 0.25) is 0 Å². The summed E-state index contributed by atoms with van der Waals surface area (Å²) < 4.78 is 25.5. The standard InChI is InChI=1S/C20H15BrFN3O3/c1-3-7-28-19-16(21)8-14(10-18(19)27-4-2)12-24-25-20(26)15-6-5-13(11-23)9-17(15)22/h1,5-6,8-10,12H,4,7H2,2H3,(H,25,26). The highest BCUT2D eigenvalue weighted by Crippen LogP contribution is 2.36. The molecule has 0 spiro atoms. The zero-order valence-electron chi connectivity index (χ0n) is 14.8. The van der Waals surface area contributed by atoms with Gasteiger partial charge >= 0.3 is 0 Å². The Morgan fingerprint density at radius 1 is 1.39 bits per heavy atom. The number of carbonyl (C=O) groups is 1. The molecule has 0 fully saturated rings. The van der Waals surface area contributed by atoms with Gasteiger partial charge in [0, 0.05) is 0 Å². The summed E-state index contributed by atoms with van der Waals surface area (Å²) in [5.74, 6) is 1.75. The summed E-state index contributed by atoms with van der Waals surface area (Å²) in [7, 11) is 0. The van der Waals surface area contributed by atoms with Gasteiger partial charge in [-0.1, -0.05) is 5.92 Å². The van der Waals surface area contributed by atoms with E-state index in [2.05, 4.69) is 32.4 Å². The Kier molecular flexibility index (Phi) is 7.55. The highest BCUT2D eigenvalue weighted by Gasteiger charge is 2.13. The Bertz CT molecular complexity index is 993. The van der Waals surface area contributed by atoms with Crippen molar-refractivity contribution in [2.45, 2.75) is 6.92 Å². The fourth-order valence-corrected chi connectivity index (χ4v) is 2.75. The lowest BCUT2D eigenvalue weighted by atomic mass is 10.1. The van der Waals surface area contributed by atoms with Gasteiger partial charge < -0.3 is 9.47 Å². The van der Waals surface area contributed by atoms with Crippen LogP contribution in [-0.2, 0) is 0 Å². The quantitative estimate of drug-likeness (QED) is 0.402. The van der Waals surface area contributed by atoms with Crippen molar-refractivity contribution in [1.82, 2.24) is 5.43 Å². The lowest BCUT2D eigenvalue weighted by molar-refractivity contribution is 0.0951. The molecule has 0 aliphatic heterocycles. The molecule has 1 amide bonds. The van der Waals surface area contributed by atoms with Crippen LogP contribution >= 0.6 is 15.9 Å². The minimum absolute atomic E-state index is 0.0817. The molecule has 1 N–H and O–H groups in total. The van der Waals surface area contributed by atoms with Crippen molar-refractivity contribution >= 4 is 28.1 Å². The molecule has 0 bridgehead atoms. The monoisotopic (exact) mass is 443 g/mol. The highest BCUT2D eigenvalue weighted by atomic mass is 79.9. The van der Waals surface area contributed by atoms with Crippen molar-refractivity contribution in [3.05, 3.63) is 57.3 Å². The molecule has 0 aromatic heterocycles. The molecule has 0 unspecified atom stereocenters. The summed E-state index contributed by atoms with van der Waals surface area (Å²) >= 11 is 3.38. The van der Waals surface area contributed by atoms with Crippen LogP contribution in [0.25, 0.3) is 0 Å². The van der Waals surface area contributed by atoms with Gasteiger partial charge in [0.15, 0.2) is 11.5 Å². The fraction of sp³-hybridized carbons (Fsp3) is 0.150. The third-order valence-corrected chi connectivity index (χ3v) is 3.94. The molecule has 0 heterocycles. The van der Waals surface area contributed by atoms with Gasteiger partial charge in [0.1, 0.15) is 12.4 Å². The molecule has 0 saturated heterocycles. The van der Waals surface area contributed by atoms with Crippen LogP contribution in [0.3, 0.4) is 0 Å². The molecular weight excluding hydrogens is 429 g/mol. The summed E-state index contributed by atoms with van der Waals surface area (Å²) in [6.07, 6.45) is 6.59. The number of hydrazone groups is 1. The van der Waals surface area contributed by atoms with Crippen LogP contribution in [0.15, 0.2) is 39.9 Å². The van der Waals surface area contributed by atoms with E-state index in [1.807, 2.05) is 6.92 Å². The van der Waals surface area contributed by atoms with E-state index in [9.17, 15) is 9.18 Å². The lowest BCUT2D eigenvalue weighted by Crippen LogP contribution is -2.19. The van der Waals surface area contributed by atoms with Crippen molar-refractivity contribution in [2.75, 3.05) is 13.2 Å². The number of halogens is 2. The van der Waals surface area contributed by atoms with Crippen LogP contribution in [0.1, 0.15) is 28.4 Å². The van der Waals surface area contributed by atoms with E-state index < -0.39 is 11.7 Å². The predicted molar refractivity (Wildman–Crippen MR) is 106 cm³/mol. The summed E-state index contributed by atoms with van der Waals surface area (Å²) in [4.78, 5) is 12.0. The van der Waals surface area contributed by atoms with E-state index in [0.717, 1.165) is 6.07 Å². The average Bonchev–Trinajstić information content (AvgIpc) is 2.67. The summed E-state index contributed by atoms with van der Waals surface area (Å²) in [6, 6.07) is 8.72. The molecule has 0 atom stereocenters. The normalized spacial score (nSPS) is 10.2. The first-order valence-corrected chi connectivity index (χ1v) is 8.85. The van der Waals surface area contributed by atoms with Crippen LogP contribution in [-0.4, -0.2) is 25.3 Å². The Labute approximate surface area is 170 Å². The number of ether oxygens (including phenoxy) is 2. The Morgan fingerprint density at radius 2 is 2.18 bits per heavy atom. The molecule has 0 saturated carbocycles. The second-order valence-electron chi connectivity index (χ2n) is 5.26. The number of terminal acetylenes is 1. The number of benzene rings is 2. The summed E-state index contributed by atoms with van der Waals surface area (Å²) in [6.45, 7) is 2.32. The number of rotatable bonds is 7. The average molecular weight is 444 g/mol. The van der Waals surface area contributed by atoms with E-state index in [0.29, 0.717) is 28.1 Å². The minimum atomic E-state index is -0.803. The van der Waals surface area contributed by atoms with E-state index >= 15 is 0 Å². The maximum Gasteiger partial charge on any atom is 0.274 e. The van der Waals surface area contributed by atoms with E-state index in [1.54, 1.807) is 18.2 Å². The van der Waals surface area contributed by atoms with Gasteiger partial charge in [-0.2, -0.15) is 10.4 Å². The second kappa shape index (κ2) is 10.1. The lowest BCUT2D eigenvalue weighted by Gasteiger charge is -2.13. The third kappa shape index (κ3) is 5.32. The fourth-order valence-electron chi connectivity index (χ4n) is 2.17. The molecular formula is C20H15BrFN3O3. The van der Waals surface area contributed by atoms with Crippen molar-refractivity contribution in [2.24, 2.45) is 5.10 Å². The van der Waals surface area contributed by atoms with Crippen molar-refractivity contribution in [3.8, 4) is 29.9 Å². The molecule has 2 aromatic rings. The molecule has 142 valence electrons. The minimum Gasteiger partial charge on any atom is -0.490 e. The van der Waals surface area contributed by atoms with Gasteiger partial charge in [0.2, 0.25) is 0 Å². The molecule has 8 heteroatoms. The highest BCUT2D eigenvalue weighted by molar-refractivity contribution is 9.10. The van der Waals surface area contributed by atoms with Gasteiger partial charge in [0.05, 0.1) is 34.5 Å². The maximum absolute atomic E-state index is 13.9. The van der Waals surface area contributed by atoms with Crippen molar-refractivity contribution < 1.29 is 18.7 Å². The van der Waals surface area contributed by atoms with E-state index in [1.165, 1.54) is 18.3 Å². The molecule has 0 aliphatic carbocycles. The second-order valence-corrected chi connectivity index (χ2v) is 6.12. The number of nitrogens with zero attached hydrogens (tertiary/aromatic N) is 2. The molecule has 0 radical (unpaired) electrons. The van der Waals surface area contributed by atoms with E-state index in [-0.39, 0.29) is 17.7 Å². The topological polar surface area (TPSA) is 83.7 Å². The smallest absolute Gasteiger partial charge is 0.274 e. The van der Waals surface area contributed by atoms with Crippen LogP contribution < -0.4 is 14.9 Å². The molecule has 28 heavy (non-hydrogen) atoms. The predicted octanol–water partition coefficient (Wildman–Crippen LogP) is 3.63. The zero-order chi connectivity index (χ0) is 20.5. The van der Waals surface area contributed by atoms with Crippen LogP contribution in [0, 0.1) is 29.5 Å². The maximum atomic E-state index is 13.9. The number of hydrogen-bond acceptors (Lipinski definition) is 5. The van der Waals surface area contributed by atoms with Crippen LogP contribution in [0.4, 0.5) is 4.39 Å². The number of carbonyl (C=O) groups excluding carboxylic acids is 1. The van der Waals surface area contributed by atoms with Crippen molar-refractivity contribution in [1.29, 1.82) is 5.26 Å². The van der Waals surface area contributed by atoms with Crippen molar-refractivity contribution in [3.63, 3.8) is 0 Å². The van der Waals surface area contributed by atoms with Gasteiger partial charge in [-0.05, 0) is 58.7 Å². The first kappa shape index (κ1) is 20.9.